The van der Waals surface area contributed by atoms with Gasteiger partial charge in [0.05, 0.1) is 6.54 Å². The van der Waals surface area contributed by atoms with Crippen LogP contribution in [-0.2, 0) is 0 Å². The summed E-state index contributed by atoms with van der Waals surface area (Å²) in [6.07, 6.45) is 5.06. The molecule has 0 saturated carbocycles. The zero-order valence-corrected chi connectivity index (χ0v) is 10.9. The highest BCUT2D eigenvalue weighted by Gasteiger charge is 2.10. The van der Waals surface area contributed by atoms with Gasteiger partial charge in [-0.15, -0.1) is 0 Å². The van der Waals surface area contributed by atoms with Crippen molar-refractivity contribution < 1.29 is 4.99 Å². The zero-order valence-electron chi connectivity index (χ0n) is 10.9. The minimum Gasteiger partial charge on any atom is -0.278 e. The first-order valence-electron chi connectivity index (χ1n) is 6.72. The third-order valence-corrected chi connectivity index (χ3v) is 3.31. The maximum Gasteiger partial charge on any atom is 0.247 e. The van der Waals surface area contributed by atoms with E-state index in [2.05, 4.69) is 48.4 Å². The summed E-state index contributed by atoms with van der Waals surface area (Å²) >= 11 is 0. The van der Waals surface area contributed by atoms with Gasteiger partial charge in [-0.1, -0.05) is 26.0 Å². The number of benzene rings is 1. The van der Waals surface area contributed by atoms with Crippen molar-refractivity contribution in [2.24, 2.45) is 0 Å². The number of hydrogen-bond donors (Lipinski definition) is 2. The van der Waals surface area contributed by atoms with Gasteiger partial charge in [0.25, 0.3) is 0 Å². The van der Waals surface area contributed by atoms with Crippen LogP contribution < -0.4 is 10.3 Å². The SMILES string of the molecule is CC(C)c1ccc(NC2=[NH+]CCCCC2)cc1. The van der Waals surface area contributed by atoms with Crippen LogP contribution in [0.1, 0.15) is 51.0 Å². The summed E-state index contributed by atoms with van der Waals surface area (Å²) in [5.41, 5.74) is 2.59. The molecule has 92 valence electrons. The third kappa shape index (κ3) is 3.58. The molecule has 0 fully saturated rings. The van der Waals surface area contributed by atoms with Crippen molar-refractivity contribution in [1.82, 2.24) is 0 Å². The van der Waals surface area contributed by atoms with E-state index in [1.54, 1.807) is 0 Å². The summed E-state index contributed by atoms with van der Waals surface area (Å²) in [5, 5.41) is 3.49. The lowest BCUT2D eigenvalue weighted by molar-refractivity contribution is -0.457. The van der Waals surface area contributed by atoms with Gasteiger partial charge in [0, 0.05) is 6.42 Å². The van der Waals surface area contributed by atoms with Crippen molar-refractivity contribution in [3.8, 4) is 0 Å². The Hall–Kier alpha value is -1.31. The average Bonchev–Trinajstić information content (AvgIpc) is 2.58. The van der Waals surface area contributed by atoms with E-state index in [4.69, 9.17) is 0 Å². The first-order chi connectivity index (χ1) is 8.25. The standard InChI is InChI=1S/C15H22N2/c1-12(2)13-7-9-14(10-8-13)17-15-6-4-3-5-11-16-15/h7-10,12H,3-6,11H2,1-2H3,(H,16,17)/p+1. The fraction of sp³-hybridized carbons (Fsp3) is 0.533. The van der Waals surface area contributed by atoms with Crippen LogP contribution in [0.25, 0.3) is 0 Å². The largest absolute Gasteiger partial charge is 0.278 e. The van der Waals surface area contributed by atoms with Crippen molar-refractivity contribution >= 4 is 11.5 Å². The number of amidine groups is 1. The highest BCUT2D eigenvalue weighted by atomic mass is 15.0. The molecule has 0 aromatic heterocycles. The van der Waals surface area contributed by atoms with Crippen LogP contribution in [0.3, 0.4) is 0 Å². The van der Waals surface area contributed by atoms with E-state index in [1.165, 1.54) is 36.3 Å². The molecule has 0 amide bonds. The van der Waals surface area contributed by atoms with Crippen LogP contribution in [0, 0.1) is 0 Å². The second-order valence-electron chi connectivity index (χ2n) is 5.12. The molecule has 17 heavy (non-hydrogen) atoms. The van der Waals surface area contributed by atoms with Crippen molar-refractivity contribution in [3.05, 3.63) is 29.8 Å². The van der Waals surface area contributed by atoms with Crippen LogP contribution >= 0.6 is 0 Å². The molecule has 1 heterocycles. The van der Waals surface area contributed by atoms with Gasteiger partial charge in [-0.3, -0.25) is 4.99 Å². The number of rotatable bonds is 2. The van der Waals surface area contributed by atoms with Crippen molar-refractivity contribution in [3.63, 3.8) is 0 Å². The molecule has 0 radical (unpaired) electrons. The molecule has 2 rings (SSSR count). The molecule has 0 bridgehead atoms. The monoisotopic (exact) mass is 231 g/mol. The predicted molar refractivity (Wildman–Crippen MR) is 73.5 cm³/mol. The Balaban J connectivity index is 2.00. The van der Waals surface area contributed by atoms with E-state index < -0.39 is 0 Å². The van der Waals surface area contributed by atoms with E-state index in [9.17, 15) is 0 Å². The van der Waals surface area contributed by atoms with Gasteiger partial charge in [0.15, 0.2) is 0 Å². The normalized spacial score (nSPS) is 16.5. The number of anilines is 1. The van der Waals surface area contributed by atoms with E-state index in [0.717, 1.165) is 13.0 Å². The molecule has 0 saturated heterocycles. The Labute approximate surface area is 104 Å². The van der Waals surface area contributed by atoms with Gasteiger partial charge >= 0.3 is 0 Å². The summed E-state index contributed by atoms with van der Waals surface area (Å²) < 4.78 is 0. The van der Waals surface area contributed by atoms with Gasteiger partial charge < -0.3 is 0 Å². The number of hydrogen-bond acceptors (Lipinski definition) is 1. The summed E-state index contributed by atoms with van der Waals surface area (Å²) in [4.78, 5) is 3.47. The van der Waals surface area contributed by atoms with Crippen LogP contribution in [0.5, 0.6) is 0 Å². The zero-order chi connectivity index (χ0) is 12.1. The summed E-state index contributed by atoms with van der Waals surface area (Å²) in [5.74, 6) is 1.88. The van der Waals surface area contributed by atoms with Gasteiger partial charge in [-0.05, 0) is 42.9 Å². The summed E-state index contributed by atoms with van der Waals surface area (Å²) in [6, 6.07) is 8.78. The van der Waals surface area contributed by atoms with Gasteiger partial charge in [0.1, 0.15) is 5.69 Å². The fourth-order valence-corrected chi connectivity index (χ4v) is 2.16. The molecule has 2 N–H and O–H groups in total. The number of nitrogens with one attached hydrogen (secondary N) is 2. The smallest absolute Gasteiger partial charge is 0.247 e. The quantitative estimate of drug-likeness (QED) is 0.802. The molecule has 1 aliphatic rings. The molecule has 2 heteroatoms. The Morgan fingerprint density at radius 3 is 2.53 bits per heavy atom. The minimum absolute atomic E-state index is 0.604. The lowest BCUT2D eigenvalue weighted by atomic mass is 10.0. The molecule has 0 spiro atoms. The molecule has 1 aliphatic heterocycles. The highest BCUT2D eigenvalue weighted by Crippen LogP contribution is 2.17. The first kappa shape index (κ1) is 12.2. The molecule has 0 atom stereocenters. The first-order valence-corrected chi connectivity index (χ1v) is 6.72. The lowest BCUT2D eigenvalue weighted by Gasteiger charge is -2.06. The molecule has 2 nitrogen and oxygen atoms in total. The maximum atomic E-state index is 3.49. The molecule has 0 aliphatic carbocycles. The Kier molecular flexibility index (Phi) is 4.18. The van der Waals surface area contributed by atoms with Gasteiger partial charge in [-0.2, -0.15) is 0 Å². The Morgan fingerprint density at radius 1 is 1.06 bits per heavy atom. The molecular weight excluding hydrogens is 208 g/mol. The molecule has 1 aromatic carbocycles. The molecular formula is C15H23N2+. The summed E-state index contributed by atoms with van der Waals surface area (Å²) in [7, 11) is 0. The highest BCUT2D eigenvalue weighted by molar-refractivity contribution is 5.91. The third-order valence-electron chi connectivity index (χ3n) is 3.31. The fourth-order valence-electron chi connectivity index (χ4n) is 2.16. The van der Waals surface area contributed by atoms with Crippen molar-refractivity contribution in [1.29, 1.82) is 0 Å². The van der Waals surface area contributed by atoms with Crippen LogP contribution in [-0.4, -0.2) is 12.4 Å². The van der Waals surface area contributed by atoms with E-state index in [-0.39, 0.29) is 0 Å². The average molecular weight is 231 g/mol. The van der Waals surface area contributed by atoms with Crippen molar-refractivity contribution in [2.75, 3.05) is 11.9 Å². The van der Waals surface area contributed by atoms with Crippen LogP contribution in [0.4, 0.5) is 5.69 Å². The lowest BCUT2D eigenvalue weighted by Crippen LogP contribution is -2.74. The van der Waals surface area contributed by atoms with E-state index in [0.29, 0.717) is 5.92 Å². The van der Waals surface area contributed by atoms with Crippen LogP contribution in [0.2, 0.25) is 0 Å². The minimum atomic E-state index is 0.604. The Bertz CT molecular complexity index is 376. The topological polar surface area (TPSA) is 26.0 Å². The van der Waals surface area contributed by atoms with Gasteiger partial charge in [0.2, 0.25) is 5.84 Å². The maximum absolute atomic E-state index is 3.49. The van der Waals surface area contributed by atoms with Gasteiger partial charge in [-0.25, -0.2) is 5.32 Å². The van der Waals surface area contributed by atoms with Crippen molar-refractivity contribution in [2.45, 2.75) is 45.4 Å². The molecule has 1 aromatic rings. The predicted octanol–water partition coefficient (Wildman–Crippen LogP) is 2.27. The second-order valence-corrected chi connectivity index (χ2v) is 5.12. The second kappa shape index (κ2) is 5.85. The Morgan fingerprint density at radius 2 is 1.82 bits per heavy atom. The van der Waals surface area contributed by atoms with E-state index in [1.807, 2.05) is 0 Å². The summed E-state index contributed by atoms with van der Waals surface area (Å²) in [6.45, 7) is 5.56. The van der Waals surface area contributed by atoms with E-state index >= 15 is 0 Å². The van der Waals surface area contributed by atoms with Crippen LogP contribution in [0.15, 0.2) is 24.3 Å². The molecule has 0 unspecified atom stereocenters.